The number of likely N-dealkylation sites (N-methyl/N-ethyl adjacent to an activating group) is 1. The van der Waals surface area contributed by atoms with Gasteiger partial charge in [-0.1, -0.05) is 6.07 Å². The van der Waals surface area contributed by atoms with Crippen LogP contribution >= 0.6 is 0 Å². The first-order chi connectivity index (χ1) is 10.2. The van der Waals surface area contributed by atoms with Crippen LogP contribution in [0.2, 0.25) is 0 Å². The van der Waals surface area contributed by atoms with Crippen molar-refractivity contribution in [1.82, 2.24) is 4.90 Å². The van der Waals surface area contributed by atoms with Gasteiger partial charge in [-0.2, -0.15) is 0 Å². The zero-order valence-corrected chi connectivity index (χ0v) is 13.2. The quantitative estimate of drug-likeness (QED) is 0.867. The highest BCUT2D eigenvalue weighted by Crippen LogP contribution is 2.29. The Morgan fingerprint density at radius 1 is 1.24 bits per heavy atom. The molecule has 0 bridgehead atoms. The standard InChI is InChI=1S/C16H26N2O3/c1-18(13-6-8-21-9-7-13)11-14(17)12-4-5-15(19-2)16(10-12)20-3/h4-5,10,13-14H,6-9,11,17H2,1-3H3. The van der Waals surface area contributed by atoms with Crippen molar-refractivity contribution >= 4 is 0 Å². The SMILES string of the molecule is COc1ccc(C(N)CN(C)C2CCOCC2)cc1OC. The van der Waals surface area contributed by atoms with Gasteiger partial charge in [-0.25, -0.2) is 0 Å². The van der Waals surface area contributed by atoms with E-state index in [1.807, 2.05) is 18.2 Å². The molecule has 1 aromatic carbocycles. The molecule has 2 N–H and O–H groups in total. The number of hydrogen-bond acceptors (Lipinski definition) is 5. The van der Waals surface area contributed by atoms with Gasteiger partial charge < -0.3 is 24.8 Å². The molecular formula is C16H26N2O3. The van der Waals surface area contributed by atoms with E-state index in [9.17, 15) is 0 Å². The lowest BCUT2D eigenvalue weighted by atomic mass is 10.0. The Hall–Kier alpha value is -1.30. The molecule has 118 valence electrons. The largest absolute Gasteiger partial charge is 0.493 e. The van der Waals surface area contributed by atoms with Gasteiger partial charge in [-0.3, -0.25) is 0 Å². The average Bonchev–Trinajstić information content (AvgIpc) is 2.54. The van der Waals surface area contributed by atoms with E-state index in [0.29, 0.717) is 6.04 Å². The van der Waals surface area contributed by atoms with Crippen molar-refractivity contribution in [2.24, 2.45) is 5.73 Å². The smallest absolute Gasteiger partial charge is 0.161 e. The van der Waals surface area contributed by atoms with Gasteiger partial charge >= 0.3 is 0 Å². The molecule has 0 aliphatic carbocycles. The van der Waals surface area contributed by atoms with E-state index in [2.05, 4.69) is 11.9 Å². The van der Waals surface area contributed by atoms with Crippen LogP contribution in [0.15, 0.2) is 18.2 Å². The maximum Gasteiger partial charge on any atom is 0.161 e. The van der Waals surface area contributed by atoms with Crippen LogP contribution in [0.4, 0.5) is 0 Å². The molecule has 0 amide bonds. The van der Waals surface area contributed by atoms with E-state index in [4.69, 9.17) is 19.9 Å². The fraction of sp³-hybridized carbons (Fsp3) is 0.625. The lowest BCUT2D eigenvalue weighted by molar-refractivity contribution is 0.0413. The fourth-order valence-corrected chi connectivity index (χ4v) is 2.77. The topological polar surface area (TPSA) is 57.0 Å². The Labute approximate surface area is 127 Å². The maximum atomic E-state index is 6.35. The zero-order chi connectivity index (χ0) is 15.2. The van der Waals surface area contributed by atoms with Gasteiger partial charge in [-0.05, 0) is 37.6 Å². The molecule has 5 heteroatoms. The molecule has 0 saturated carbocycles. The van der Waals surface area contributed by atoms with Gasteiger partial charge in [0, 0.05) is 31.8 Å². The summed E-state index contributed by atoms with van der Waals surface area (Å²) in [5.74, 6) is 1.45. The third-order valence-electron chi connectivity index (χ3n) is 4.13. The van der Waals surface area contributed by atoms with Crippen LogP contribution in [0.3, 0.4) is 0 Å². The molecule has 5 nitrogen and oxygen atoms in total. The van der Waals surface area contributed by atoms with Gasteiger partial charge in [0.05, 0.1) is 14.2 Å². The molecule has 1 unspecified atom stereocenters. The van der Waals surface area contributed by atoms with E-state index in [-0.39, 0.29) is 6.04 Å². The molecule has 0 aromatic heterocycles. The Morgan fingerprint density at radius 3 is 2.52 bits per heavy atom. The Bertz CT molecular complexity index is 447. The first-order valence-electron chi connectivity index (χ1n) is 7.41. The minimum Gasteiger partial charge on any atom is -0.493 e. The van der Waals surface area contributed by atoms with Gasteiger partial charge in [-0.15, -0.1) is 0 Å². The number of rotatable bonds is 6. The van der Waals surface area contributed by atoms with E-state index in [0.717, 1.165) is 49.7 Å². The van der Waals surface area contributed by atoms with Gasteiger partial charge in [0.2, 0.25) is 0 Å². The van der Waals surface area contributed by atoms with E-state index >= 15 is 0 Å². The Morgan fingerprint density at radius 2 is 1.90 bits per heavy atom. The predicted octanol–water partition coefficient (Wildman–Crippen LogP) is 1.81. The summed E-state index contributed by atoms with van der Waals surface area (Å²) in [5.41, 5.74) is 7.41. The Balaban J connectivity index is 2.00. The van der Waals surface area contributed by atoms with Crippen LogP contribution < -0.4 is 15.2 Å². The molecule has 21 heavy (non-hydrogen) atoms. The van der Waals surface area contributed by atoms with Crippen molar-refractivity contribution in [2.75, 3.05) is 41.0 Å². The second-order valence-electron chi connectivity index (χ2n) is 5.50. The first-order valence-corrected chi connectivity index (χ1v) is 7.41. The molecule has 1 aromatic rings. The van der Waals surface area contributed by atoms with E-state index in [1.165, 1.54) is 0 Å². The van der Waals surface area contributed by atoms with Crippen LogP contribution in [0.1, 0.15) is 24.4 Å². The van der Waals surface area contributed by atoms with Crippen molar-refractivity contribution in [3.05, 3.63) is 23.8 Å². The molecule has 2 rings (SSSR count). The highest BCUT2D eigenvalue weighted by atomic mass is 16.5. The summed E-state index contributed by atoms with van der Waals surface area (Å²) in [6.45, 7) is 2.52. The molecule has 1 fully saturated rings. The van der Waals surface area contributed by atoms with Gasteiger partial charge in [0.25, 0.3) is 0 Å². The van der Waals surface area contributed by atoms with Crippen molar-refractivity contribution in [1.29, 1.82) is 0 Å². The van der Waals surface area contributed by atoms with Crippen molar-refractivity contribution in [3.8, 4) is 11.5 Å². The number of nitrogens with zero attached hydrogens (tertiary/aromatic N) is 1. The number of ether oxygens (including phenoxy) is 3. The molecular weight excluding hydrogens is 268 g/mol. The second-order valence-corrected chi connectivity index (χ2v) is 5.50. The molecule has 1 heterocycles. The predicted molar refractivity (Wildman–Crippen MR) is 82.9 cm³/mol. The van der Waals surface area contributed by atoms with Gasteiger partial charge in [0.1, 0.15) is 0 Å². The average molecular weight is 294 g/mol. The number of benzene rings is 1. The summed E-state index contributed by atoms with van der Waals surface area (Å²) in [4.78, 5) is 2.34. The summed E-state index contributed by atoms with van der Waals surface area (Å²) in [7, 11) is 5.41. The van der Waals surface area contributed by atoms with Crippen LogP contribution in [-0.2, 0) is 4.74 Å². The fourth-order valence-electron chi connectivity index (χ4n) is 2.77. The summed E-state index contributed by atoms with van der Waals surface area (Å²) >= 11 is 0. The van der Waals surface area contributed by atoms with Crippen molar-refractivity contribution in [2.45, 2.75) is 24.9 Å². The third-order valence-corrected chi connectivity index (χ3v) is 4.13. The summed E-state index contributed by atoms with van der Waals surface area (Å²) in [5, 5.41) is 0. The normalized spacial score (nSPS) is 17.8. The number of methoxy groups -OCH3 is 2. The van der Waals surface area contributed by atoms with E-state index in [1.54, 1.807) is 14.2 Å². The van der Waals surface area contributed by atoms with Crippen LogP contribution in [-0.4, -0.2) is 52.0 Å². The lowest BCUT2D eigenvalue weighted by Crippen LogP contribution is -2.40. The Kier molecular flexibility index (Phi) is 5.85. The molecule has 1 aliphatic heterocycles. The number of hydrogen-bond donors (Lipinski definition) is 1. The monoisotopic (exact) mass is 294 g/mol. The summed E-state index contributed by atoms with van der Waals surface area (Å²) in [6, 6.07) is 6.38. The third kappa shape index (κ3) is 4.09. The second kappa shape index (κ2) is 7.64. The van der Waals surface area contributed by atoms with Crippen molar-refractivity contribution < 1.29 is 14.2 Å². The van der Waals surface area contributed by atoms with Gasteiger partial charge in [0.15, 0.2) is 11.5 Å². The van der Waals surface area contributed by atoms with Crippen LogP contribution in [0.5, 0.6) is 11.5 Å². The number of nitrogens with two attached hydrogens (primary N) is 1. The zero-order valence-electron chi connectivity index (χ0n) is 13.2. The molecule has 0 radical (unpaired) electrons. The summed E-state index contributed by atoms with van der Waals surface area (Å²) < 4.78 is 16.0. The minimum absolute atomic E-state index is 0.0438. The highest BCUT2D eigenvalue weighted by molar-refractivity contribution is 5.43. The van der Waals surface area contributed by atoms with Crippen LogP contribution in [0.25, 0.3) is 0 Å². The maximum absolute atomic E-state index is 6.35. The molecule has 1 atom stereocenters. The first kappa shape index (κ1) is 16.1. The molecule has 1 aliphatic rings. The van der Waals surface area contributed by atoms with Crippen molar-refractivity contribution in [3.63, 3.8) is 0 Å². The highest BCUT2D eigenvalue weighted by Gasteiger charge is 2.21. The summed E-state index contributed by atoms with van der Waals surface area (Å²) in [6.07, 6.45) is 2.16. The molecule has 0 spiro atoms. The lowest BCUT2D eigenvalue weighted by Gasteiger charge is -2.33. The van der Waals surface area contributed by atoms with E-state index < -0.39 is 0 Å². The molecule has 1 saturated heterocycles. The van der Waals surface area contributed by atoms with Crippen LogP contribution in [0, 0.1) is 0 Å². The minimum atomic E-state index is -0.0438.